The molecule has 0 fully saturated rings. The summed E-state index contributed by atoms with van der Waals surface area (Å²) in [5.41, 5.74) is 0.656. The molecule has 0 spiro atoms. The highest BCUT2D eigenvalue weighted by Crippen LogP contribution is 2.22. The smallest absolute Gasteiger partial charge is 0.287 e. The Balaban J connectivity index is 1.56. The third kappa shape index (κ3) is 3.25. The van der Waals surface area contributed by atoms with Crippen LogP contribution in [0, 0.1) is 0 Å². The predicted octanol–water partition coefficient (Wildman–Crippen LogP) is 3.10. The fourth-order valence-corrected chi connectivity index (χ4v) is 2.28. The molecule has 0 saturated carbocycles. The first-order chi connectivity index (χ1) is 10.2. The first-order valence-corrected chi connectivity index (χ1v) is 7.03. The molecular weight excluding hydrogens is 290 g/mol. The van der Waals surface area contributed by atoms with Gasteiger partial charge in [0.05, 0.1) is 6.33 Å². The summed E-state index contributed by atoms with van der Waals surface area (Å²) >= 11 is 5.91. The molecule has 1 aromatic carbocycles. The van der Waals surface area contributed by atoms with Crippen LogP contribution in [0.4, 0.5) is 0 Å². The largest absolute Gasteiger partial charge is 0.451 e. The average Bonchev–Trinajstić information content (AvgIpc) is 3.11. The van der Waals surface area contributed by atoms with Crippen molar-refractivity contribution >= 4 is 28.5 Å². The SMILES string of the molecule is O=C(NCCCn1ccnc1)c1cc2cc(Cl)ccc2o1. The Morgan fingerprint density at radius 2 is 2.29 bits per heavy atom. The van der Waals surface area contributed by atoms with Crippen molar-refractivity contribution in [1.29, 1.82) is 0 Å². The van der Waals surface area contributed by atoms with Crippen LogP contribution >= 0.6 is 11.6 Å². The first-order valence-electron chi connectivity index (χ1n) is 6.65. The Labute approximate surface area is 126 Å². The monoisotopic (exact) mass is 303 g/mol. The van der Waals surface area contributed by atoms with Gasteiger partial charge in [0.1, 0.15) is 5.58 Å². The predicted molar refractivity (Wildman–Crippen MR) is 80.4 cm³/mol. The number of hydrogen-bond donors (Lipinski definition) is 1. The van der Waals surface area contributed by atoms with Crippen molar-refractivity contribution in [1.82, 2.24) is 14.9 Å². The summed E-state index contributed by atoms with van der Waals surface area (Å²) < 4.78 is 7.47. The van der Waals surface area contributed by atoms with E-state index in [9.17, 15) is 4.79 Å². The zero-order valence-corrected chi connectivity index (χ0v) is 12.0. The van der Waals surface area contributed by atoms with Crippen molar-refractivity contribution in [3.63, 3.8) is 0 Å². The second-order valence-electron chi connectivity index (χ2n) is 4.70. The number of hydrogen-bond acceptors (Lipinski definition) is 3. The lowest BCUT2D eigenvalue weighted by Crippen LogP contribution is -2.24. The number of nitrogens with zero attached hydrogens (tertiary/aromatic N) is 2. The van der Waals surface area contributed by atoms with E-state index in [1.165, 1.54) is 0 Å². The Hall–Kier alpha value is -2.27. The number of rotatable bonds is 5. The van der Waals surface area contributed by atoms with E-state index in [0.29, 0.717) is 22.9 Å². The average molecular weight is 304 g/mol. The fourth-order valence-electron chi connectivity index (χ4n) is 2.10. The van der Waals surface area contributed by atoms with Crippen LogP contribution in [0.1, 0.15) is 17.0 Å². The normalized spacial score (nSPS) is 10.9. The molecule has 0 atom stereocenters. The van der Waals surface area contributed by atoms with Crippen LogP contribution in [-0.4, -0.2) is 22.0 Å². The second-order valence-corrected chi connectivity index (χ2v) is 5.14. The van der Waals surface area contributed by atoms with Gasteiger partial charge in [0.15, 0.2) is 5.76 Å². The van der Waals surface area contributed by atoms with Crippen LogP contribution in [-0.2, 0) is 6.54 Å². The Bertz CT molecular complexity index is 749. The van der Waals surface area contributed by atoms with E-state index in [0.717, 1.165) is 18.4 Å². The lowest BCUT2D eigenvalue weighted by atomic mass is 10.2. The van der Waals surface area contributed by atoms with Gasteiger partial charge in [-0.05, 0) is 30.7 Å². The molecule has 21 heavy (non-hydrogen) atoms. The first kappa shape index (κ1) is 13.7. The van der Waals surface area contributed by atoms with E-state index >= 15 is 0 Å². The molecule has 6 heteroatoms. The maximum Gasteiger partial charge on any atom is 0.287 e. The maximum absolute atomic E-state index is 12.0. The van der Waals surface area contributed by atoms with Crippen molar-refractivity contribution in [3.05, 3.63) is 53.8 Å². The van der Waals surface area contributed by atoms with Crippen molar-refractivity contribution < 1.29 is 9.21 Å². The topological polar surface area (TPSA) is 60.1 Å². The molecule has 108 valence electrons. The van der Waals surface area contributed by atoms with E-state index in [1.807, 2.05) is 10.8 Å². The number of fused-ring (bicyclic) bond motifs is 1. The summed E-state index contributed by atoms with van der Waals surface area (Å²) in [6, 6.07) is 6.97. The number of carbonyl (C=O) groups is 1. The molecule has 1 N–H and O–H groups in total. The quantitative estimate of drug-likeness (QED) is 0.737. The van der Waals surface area contributed by atoms with E-state index in [2.05, 4.69) is 10.3 Å². The second kappa shape index (κ2) is 6.01. The highest BCUT2D eigenvalue weighted by molar-refractivity contribution is 6.31. The number of benzene rings is 1. The molecule has 0 aliphatic rings. The molecule has 0 bridgehead atoms. The Morgan fingerprint density at radius 3 is 3.10 bits per heavy atom. The van der Waals surface area contributed by atoms with Gasteiger partial charge in [-0.2, -0.15) is 0 Å². The van der Waals surface area contributed by atoms with Crippen molar-refractivity contribution in [2.75, 3.05) is 6.54 Å². The minimum atomic E-state index is -0.215. The van der Waals surface area contributed by atoms with Gasteiger partial charge in [-0.1, -0.05) is 11.6 Å². The summed E-state index contributed by atoms with van der Waals surface area (Å²) in [5.74, 6) is 0.0860. The van der Waals surface area contributed by atoms with Crippen LogP contribution in [0.25, 0.3) is 11.0 Å². The van der Waals surface area contributed by atoms with Gasteiger partial charge in [-0.25, -0.2) is 4.98 Å². The third-order valence-corrected chi connectivity index (χ3v) is 3.38. The van der Waals surface area contributed by atoms with Crippen LogP contribution in [0.5, 0.6) is 0 Å². The lowest BCUT2D eigenvalue weighted by Gasteiger charge is -2.03. The summed E-state index contributed by atoms with van der Waals surface area (Å²) in [6.07, 6.45) is 6.21. The number of furan rings is 1. The fraction of sp³-hybridized carbons (Fsp3) is 0.200. The number of imidazole rings is 1. The molecule has 3 aromatic rings. The molecule has 0 radical (unpaired) electrons. The van der Waals surface area contributed by atoms with Gasteiger partial charge in [-0.3, -0.25) is 4.79 Å². The van der Waals surface area contributed by atoms with Gasteiger partial charge in [0, 0.05) is 35.9 Å². The number of aryl methyl sites for hydroxylation is 1. The molecule has 0 aliphatic carbocycles. The minimum absolute atomic E-state index is 0.215. The summed E-state index contributed by atoms with van der Waals surface area (Å²) in [6.45, 7) is 1.39. The van der Waals surface area contributed by atoms with Crippen molar-refractivity contribution in [3.8, 4) is 0 Å². The minimum Gasteiger partial charge on any atom is -0.451 e. The van der Waals surface area contributed by atoms with Gasteiger partial charge >= 0.3 is 0 Å². The maximum atomic E-state index is 12.0. The third-order valence-electron chi connectivity index (χ3n) is 3.14. The summed E-state index contributed by atoms with van der Waals surface area (Å²) in [7, 11) is 0. The number of aromatic nitrogens is 2. The molecule has 3 rings (SSSR count). The molecule has 0 aliphatic heterocycles. The number of carbonyl (C=O) groups excluding carboxylic acids is 1. The Kier molecular flexibility index (Phi) is 3.92. The van der Waals surface area contributed by atoms with Gasteiger partial charge in [0.25, 0.3) is 5.91 Å². The van der Waals surface area contributed by atoms with E-state index in [-0.39, 0.29) is 5.91 Å². The van der Waals surface area contributed by atoms with E-state index < -0.39 is 0 Å². The zero-order chi connectivity index (χ0) is 14.7. The van der Waals surface area contributed by atoms with E-state index in [1.54, 1.807) is 36.8 Å². The van der Waals surface area contributed by atoms with Crippen molar-refractivity contribution in [2.45, 2.75) is 13.0 Å². The zero-order valence-electron chi connectivity index (χ0n) is 11.3. The number of halogens is 1. The van der Waals surface area contributed by atoms with Gasteiger partial charge in [0.2, 0.25) is 0 Å². The van der Waals surface area contributed by atoms with Crippen LogP contribution < -0.4 is 5.32 Å². The van der Waals surface area contributed by atoms with Crippen LogP contribution in [0.15, 0.2) is 47.4 Å². The molecule has 0 saturated heterocycles. The van der Waals surface area contributed by atoms with Crippen LogP contribution in [0.2, 0.25) is 5.02 Å². The molecule has 5 nitrogen and oxygen atoms in total. The summed E-state index contributed by atoms with van der Waals surface area (Å²) in [5, 5.41) is 4.28. The standard InChI is InChI=1S/C15H14ClN3O2/c16-12-2-3-13-11(8-12)9-14(21-13)15(20)18-4-1-6-19-7-5-17-10-19/h2-3,5,7-10H,1,4,6H2,(H,18,20). The Morgan fingerprint density at radius 1 is 1.38 bits per heavy atom. The highest BCUT2D eigenvalue weighted by atomic mass is 35.5. The molecule has 0 unspecified atom stereocenters. The molecule has 1 amide bonds. The van der Waals surface area contributed by atoms with Crippen LogP contribution in [0.3, 0.4) is 0 Å². The lowest BCUT2D eigenvalue weighted by molar-refractivity contribution is 0.0927. The van der Waals surface area contributed by atoms with Gasteiger partial charge < -0.3 is 14.3 Å². The van der Waals surface area contributed by atoms with E-state index in [4.69, 9.17) is 16.0 Å². The molecule has 2 aromatic heterocycles. The summed E-state index contributed by atoms with van der Waals surface area (Å²) in [4.78, 5) is 16.0. The number of amides is 1. The molecular formula is C15H14ClN3O2. The van der Waals surface area contributed by atoms with Gasteiger partial charge in [-0.15, -0.1) is 0 Å². The molecule has 2 heterocycles. The van der Waals surface area contributed by atoms with Crippen molar-refractivity contribution in [2.24, 2.45) is 0 Å². The number of nitrogens with one attached hydrogen (secondary N) is 1. The highest BCUT2D eigenvalue weighted by Gasteiger charge is 2.11.